The molecule has 0 saturated heterocycles. The molecule has 2 aromatic carbocycles. The minimum atomic E-state index is -0.464. The van der Waals surface area contributed by atoms with Gasteiger partial charge in [-0.1, -0.05) is 23.2 Å². The zero-order valence-electron chi connectivity index (χ0n) is 15.1. The van der Waals surface area contributed by atoms with Crippen LogP contribution in [0.15, 0.2) is 48.5 Å². The number of ether oxygens (including phenoxy) is 1. The summed E-state index contributed by atoms with van der Waals surface area (Å²) in [6, 6.07) is 12.8. The molecular formula is C20H16Cl2N2O4. The number of carbonyl (C=O) groups excluding carboxylic acids is 1. The van der Waals surface area contributed by atoms with E-state index in [1.807, 2.05) is 4.57 Å². The van der Waals surface area contributed by atoms with E-state index in [-0.39, 0.29) is 12.3 Å². The number of nitrogens with zero attached hydrogens (tertiary/aromatic N) is 2. The van der Waals surface area contributed by atoms with Crippen LogP contribution in [0.2, 0.25) is 10.0 Å². The molecule has 28 heavy (non-hydrogen) atoms. The number of nitro groups is 1. The van der Waals surface area contributed by atoms with Gasteiger partial charge in [0.25, 0.3) is 5.69 Å². The molecule has 3 rings (SSSR count). The average Bonchev–Trinajstić information content (AvgIpc) is 2.99. The highest BCUT2D eigenvalue weighted by Crippen LogP contribution is 2.34. The van der Waals surface area contributed by atoms with Crippen molar-refractivity contribution < 1.29 is 14.5 Å². The molecule has 6 nitrogen and oxygen atoms in total. The predicted octanol–water partition coefficient (Wildman–Crippen LogP) is 5.84. The second-order valence-corrected chi connectivity index (χ2v) is 6.83. The van der Waals surface area contributed by atoms with Crippen LogP contribution in [0.25, 0.3) is 16.9 Å². The van der Waals surface area contributed by atoms with Gasteiger partial charge in [-0.3, -0.25) is 10.1 Å². The Morgan fingerprint density at radius 3 is 2.39 bits per heavy atom. The zero-order chi connectivity index (χ0) is 20.4. The monoisotopic (exact) mass is 418 g/mol. The second kappa shape index (κ2) is 8.04. The summed E-state index contributed by atoms with van der Waals surface area (Å²) in [5.74, 6) is -0.452. The van der Waals surface area contributed by atoms with Gasteiger partial charge in [0.05, 0.1) is 33.5 Å². The quantitative estimate of drug-likeness (QED) is 0.296. The van der Waals surface area contributed by atoms with Crippen molar-refractivity contribution in [2.24, 2.45) is 0 Å². The topological polar surface area (TPSA) is 74.4 Å². The highest BCUT2D eigenvalue weighted by Gasteiger charge is 2.22. The van der Waals surface area contributed by atoms with Gasteiger partial charge < -0.3 is 9.30 Å². The molecule has 0 aliphatic rings. The van der Waals surface area contributed by atoms with E-state index in [2.05, 4.69) is 0 Å². The van der Waals surface area contributed by atoms with Crippen LogP contribution >= 0.6 is 23.2 Å². The Kier molecular flexibility index (Phi) is 5.72. The number of nitro benzene ring substituents is 1. The fourth-order valence-corrected chi connectivity index (χ4v) is 3.45. The molecule has 0 N–H and O–H groups in total. The zero-order valence-corrected chi connectivity index (χ0v) is 16.6. The standard InChI is InChI=1S/C20H16Cl2N2O4/c1-3-28-20(25)16-11-19(13-4-7-15(8-5-13)24(26)27)23(12(16)2)18-9-6-14(21)10-17(18)22/h4-11H,3H2,1-2H3. The number of carbonyl (C=O) groups is 1. The van der Waals surface area contributed by atoms with Crippen LogP contribution in [0.3, 0.4) is 0 Å². The van der Waals surface area contributed by atoms with Crippen molar-refractivity contribution in [1.82, 2.24) is 4.57 Å². The summed E-state index contributed by atoms with van der Waals surface area (Å²) in [6.07, 6.45) is 0. The molecule has 0 atom stereocenters. The Morgan fingerprint density at radius 2 is 1.82 bits per heavy atom. The first-order chi connectivity index (χ1) is 13.3. The van der Waals surface area contributed by atoms with E-state index >= 15 is 0 Å². The maximum Gasteiger partial charge on any atom is 0.339 e. The summed E-state index contributed by atoms with van der Waals surface area (Å²) in [5, 5.41) is 11.8. The number of esters is 1. The van der Waals surface area contributed by atoms with Gasteiger partial charge in [0, 0.05) is 22.8 Å². The summed E-state index contributed by atoms with van der Waals surface area (Å²) in [6.45, 7) is 3.77. The number of benzene rings is 2. The molecule has 0 fully saturated rings. The van der Waals surface area contributed by atoms with Gasteiger partial charge in [-0.2, -0.15) is 0 Å². The number of halogens is 2. The Balaban J connectivity index is 2.23. The Bertz CT molecular complexity index is 1060. The molecule has 0 spiro atoms. The molecule has 0 aliphatic heterocycles. The van der Waals surface area contributed by atoms with Crippen LogP contribution in [0, 0.1) is 17.0 Å². The Labute approximate surface area is 171 Å². The first-order valence-corrected chi connectivity index (χ1v) is 9.18. The third-order valence-corrected chi connectivity index (χ3v) is 4.80. The van der Waals surface area contributed by atoms with Crippen molar-refractivity contribution in [2.75, 3.05) is 6.61 Å². The average molecular weight is 419 g/mol. The molecule has 1 aromatic heterocycles. The normalized spacial score (nSPS) is 10.7. The lowest BCUT2D eigenvalue weighted by Crippen LogP contribution is -2.07. The van der Waals surface area contributed by atoms with E-state index < -0.39 is 10.9 Å². The van der Waals surface area contributed by atoms with E-state index in [9.17, 15) is 14.9 Å². The second-order valence-electron chi connectivity index (χ2n) is 5.98. The minimum absolute atomic E-state index is 0.0197. The van der Waals surface area contributed by atoms with Crippen LogP contribution in [0.4, 0.5) is 5.69 Å². The molecule has 0 aliphatic carbocycles. The highest BCUT2D eigenvalue weighted by molar-refractivity contribution is 6.35. The number of rotatable bonds is 5. The number of non-ortho nitro benzene ring substituents is 1. The van der Waals surface area contributed by atoms with Gasteiger partial charge in [-0.05, 0) is 55.8 Å². The highest BCUT2D eigenvalue weighted by atomic mass is 35.5. The van der Waals surface area contributed by atoms with Crippen LogP contribution in [-0.4, -0.2) is 22.1 Å². The van der Waals surface area contributed by atoms with E-state index in [0.29, 0.717) is 38.2 Å². The summed E-state index contributed by atoms with van der Waals surface area (Å²) >= 11 is 12.4. The molecule has 8 heteroatoms. The number of aromatic nitrogens is 1. The van der Waals surface area contributed by atoms with E-state index in [1.54, 1.807) is 50.2 Å². The van der Waals surface area contributed by atoms with Crippen LogP contribution in [-0.2, 0) is 4.74 Å². The fourth-order valence-electron chi connectivity index (χ4n) is 2.96. The minimum Gasteiger partial charge on any atom is -0.462 e. The largest absolute Gasteiger partial charge is 0.462 e. The van der Waals surface area contributed by atoms with E-state index in [0.717, 1.165) is 0 Å². The molecule has 0 saturated carbocycles. The fraction of sp³-hybridized carbons (Fsp3) is 0.150. The Hall–Kier alpha value is -2.83. The van der Waals surface area contributed by atoms with Gasteiger partial charge in [0.15, 0.2) is 0 Å². The van der Waals surface area contributed by atoms with Gasteiger partial charge in [0.2, 0.25) is 0 Å². The van der Waals surface area contributed by atoms with Crippen LogP contribution in [0.1, 0.15) is 23.0 Å². The summed E-state index contributed by atoms with van der Waals surface area (Å²) in [4.78, 5) is 22.9. The van der Waals surface area contributed by atoms with Crippen molar-refractivity contribution in [3.63, 3.8) is 0 Å². The molecule has 144 valence electrons. The van der Waals surface area contributed by atoms with Gasteiger partial charge in [0.1, 0.15) is 0 Å². The van der Waals surface area contributed by atoms with Crippen LogP contribution < -0.4 is 0 Å². The van der Waals surface area contributed by atoms with E-state index in [4.69, 9.17) is 27.9 Å². The molecule has 0 amide bonds. The van der Waals surface area contributed by atoms with Gasteiger partial charge >= 0.3 is 5.97 Å². The summed E-state index contributed by atoms with van der Waals surface area (Å²) in [7, 11) is 0. The Morgan fingerprint density at radius 1 is 1.14 bits per heavy atom. The van der Waals surface area contributed by atoms with Crippen molar-refractivity contribution in [1.29, 1.82) is 0 Å². The molecular weight excluding hydrogens is 403 g/mol. The predicted molar refractivity (Wildman–Crippen MR) is 109 cm³/mol. The van der Waals surface area contributed by atoms with Gasteiger partial charge in [-0.15, -0.1) is 0 Å². The van der Waals surface area contributed by atoms with E-state index in [1.165, 1.54) is 12.1 Å². The van der Waals surface area contributed by atoms with Crippen molar-refractivity contribution in [3.05, 3.63) is 79.9 Å². The maximum atomic E-state index is 12.4. The summed E-state index contributed by atoms with van der Waals surface area (Å²) < 4.78 is 6.96. The number of hydrogen-bond acceptors (Lipinski definition) is 4. The molecule has 0 bridgehead atoms. The van der Waals surface area contributed by atoms with Crippen molar-refractivity contribution >= 4 is 34.9 Å². The first-order valence-electron chi connectivity index (χ1n) is 8.43. The first kappa shape index (κ1) is 19.9. The molecule has 0 unspecified atom stereocenters. The lowest BCUT2D eigenvalue weighted by molar-refractivity contribution is -0.384. The van der Waals surface area contributed by atoms with Crippen molar-refractivity contribution in [3.8, 4) is 16.9 Å². The number of hydrogen-bond donors (Lipinski definition) is 0. The third-order valence-electron chi connectivity index (χ3n) is 4.27. The molecule has 1 heterocycles. The smallest absolute Gasteiger partial charge is 0.339 e. The summed E-state index contributed by atoms with van der Waals surface area (Å²) in [5.41, 5.74) is 2.98. The molecule has 3 aromatic rings. The third kappa shape index (κ3) is 3.74. The molecule has 0 radical (unpaired) electrons. The maximum absolute atomic E-state index is 12.4. The lowest BCUT2D eigenvalue weighted by Gasteiger charge is -2.14. The lowest BCUT2D eigenvalue weighted by atomic mass is 10.1. The van der Waals surface area contributed by atoms with Gasteiger partial charge in [-0.25, -0.2) is 4.79 Å². The van der Waals surface area contributed by atoms with Crippen LogP contribution in [0.5, 0.6) is 0 Å². The van der Waals surface area contributed by atoms with Crippen molar-refractivity contribution in [2.45, 2.75) is 13.8 Å². The SMILES string of the molecule is CCOC(=O)c1cc(-c2ccc([N+](=O)[O-])cc2)n(-c2ccc(Cl)cc2Cl)c1C.